The van der Waals surface area contributed by atoms with Crippen molar-refractivity contribution in [2.45, 2.75) is 58.6 Å². The molecule has 3 heterocycles. The zero-order valence-electron chi connectivity index (χ0n) is 20.0. The van der Waals surface area contributed by atoms with E-state index in [1.807, 2.05) is 44.2 Å². The molecule has 0 aliphatic carbocycles. The second kappa shape index (κ2) is 10.8. The Morgan fingerprint density at radius 3 is 2.51 bits per heavy atom. The molecule has 1 unspecified atom stereocenters. The van der Waals surface area contributed by atoms with Gasteiger partial charge in [0.05, 0.1) is 30.0 Å². The van der Waals surface area contributed by atoms with E-state index in [4.69, 9.17) is 4.74 Å². The van der Waals surface area contributed by atoms with E-state index in [0.29, 0.717) is 28.7 Å². The van der Waals surface area contributed by atoms with Crippen LogP contribution in [0.1, 0.15) is 54.6 Å². The molecule has 3 amide bonds. The highest BCUT2D eigenvalue weighted by Gasteiger charge is 2.34. The average Bonchev–Trinajstić information content (AvgIpc) is 3.37. The van der Waals surface area contributed by atoms with E-state index >= 15 is 0 Å². The van der Waals surface area contributed by atoms with E-state index in [2.05, 4.69) is 15.3 Å². The zero-order valence-corrected chi connectivity index (χ0v) is 20.8. The lowest BCUT2D eigenvalue weighted by molar-refractivity contribution is -0.141. The maximum Gasteiger partial charge on any atom is 0.232 e. The molecule has 1 aliphatic rings. The SMILES string of the molecule is Cc1cnc(NC(=O)Cc2cc(O[C@@H](C)Cc3ccccc3)cc(C(C)N3C(=O)CCC3=O)n2)s1. The lowest BCUT2D eigenvalue weighted by Crippen LogP contribution is -2.32. The fourth-order valence-corrected chi connectivity index (χ4v) is 4.75. The summed E-state index contributed by atoms with van der Waals surface area (Å²) in [5, 5.41) is 3.32. The number of benzene rings is 1. The molecule has 4 rings (SSSR count). The minimum Gasteiger partial charge on any atom is -0.490 e. The van der Waals surface area contributed by atoms with Crippen LogP contribution in [-0.4, -0.2) is 38.7 Å². The number of anilines is 1. The van der Waals surface area contributed by atoms with Crippen molar-refractivity contribution in [1.29, 1.82) is 0 Å². The molecular formula is C26H28N4O4S. The highest BCUT2D eigenvalue weighted by molar-refractivity contribution is 7.15. The minimum atomic E-state index is -0.561. The standard InChI is InChI=1S/C26H28N4O4S/c1-16(11-19-7-5-4-6-8-19)34-21-12-20(13-23(31)29-26-27-15-17(2)35-26)28-22(14-21)18(3)30-24(32)9-10-25(30)33/h4-8,12,14-16,18H,9-11,13H2,1-3H3,(H,27,29,31)/t16-,18?/m0/s1. The smallest absolute Gasteiger partial charge is 0.232 e. The van der Waals surface area contributed by atoms with Crippen LogP contribution in [0, 0.1) is 6.92 Å². The first-order valence-electron chi connectivity index (χ1n) is 11.6. The molecule has 1 aliphatic heterocycles. The lowest BCUT2D eigenvalue weighted by Gasteiger charge is -2.23. The molecule has 1 fully saturated rings. The van der Waals surface area contributed by atoms with Gasteiger partial charge in [-0.2, -0.15) is 0 Å². The molecule has 1 aromatic carbocycles. The Kier molecular flexibility index (Phi) is 7.55. The predicted octanol–water partition coefficient (Wildman–Crippen LogP) is 4.25. The van der Waals surface area contributed by atoms with Crippen molar-refractivity contribution in [2.75, 3.05) is 5.32 Å². The Bertz CT molecular complexity index is 1210. The molecule has 0 radical (unpaired) electrons. The average molecular weight is 493 g/mol. The molecule has 0 saturated carbocycles. The van der Waals surface area contributed by atoms with Crippen LogP contribution < -0.4 is 10.1 Å². The largest absolute Gasteiger partial charge is 0.490 e. The van der Waals surface area contributed by atoms with Crippen molar-refractivity contribution < 1.29 is 19.1 Å². The predicted molar refractivity (Wildman–Crippen MR) is 133 cm³/mol. The van der Waals surface area contributed by atoms with Crippen molar-refractivity contribution in [3.05, 3.63) is 70.5 Å². The molecule has 1 N–H and O–H groups in total. The van der Waals surface area contributed by atoms with Crippen LogP contribution >= 0.6 is 11.3 Å². The number of carbonyl (C=O) groups excluding carboxylic acids is 3. The van der Waals surface area contributed by atoms with Crippen molar-refractivity contribution in [1.82, 2.24) is 14.9 Å². The number of aryl methyl sites for hydroxylation is 1. The second-order valence-corrected chi connectivity index (χ2v) is 9.91. The molecule has 35 heavy (non-hydrogen) atoms. The number of pyridine rings is 1. The van der Waals surface area contributed by atoms with Crippen LogP contribution in [0.4, 0.5) is 5.13 Å². The second-order valence-electron chi connectivity index (χ2n) is 8.67. The van der Waals surface area contributed by atoms with E-state index in [0.717, 1.165) is 10.4 Å². The Labute approximate surface area is 208 Å². The van der Waals surface area contributed by atoms with E-state index < -0.39 is 6.04 Å². The summed E-state index contributed by atoms with van der Waals surface area (Å²) >= 11 is 1.39. The Balaban J connectivity index is 1.56. The summed E-state index contributed by atoms with van der Waals surface area (Å²) in [5.41, 5.74) is 2.14. The summed E-state index contributed by atoms with van der Waals surface area (Å²) in [7, 11) is 0. The quantitative estimate of drug-likeness (QED) is 0.448. The van der Waals surface area contributed by atoms with Gasteiger partial charge in [-0.05, 0) is 26.3 Å². The zero-order chi connectivity index (χ0) is 24.9. The van der Waals surface area contributed by atoms with Gasteiger partial charge in [0.1, 0.15) is 5.75 Å². The van der Waals surface area contributed by atoms with E-state index in [9.17, 15) is 14.4 Å². The molecule has 0 spiro atoms. The summed E-state index contributed by atoms with van der Waals surface area (Å²) < 4.78 is 6.20. The van der Waals surface area contributed by atoms with Gasteiger partial charge in [0.15, 0.2) is 5.13 Å². The normalized spacial score (nSPS) is 15.2. The van der Waals surface area contributed by atoms with E-state index in [-0.39, 0.29) is 43.1 Å². The third-order valence-electron chi connectivity index (χ3n) is 5.69. The number of hydrogen-bond donors (Lipinski definition) is 1. The molecule has 1 saturated heterocycles. The fraction of sp³-hybridized carbons (Fsp3) is 0.346. The summed E-state index contributed by atoms with van der Waals surface area (Å²) in [6.07, 6.45) is 2.68. The summed E-state index contributed by atoms with van der Waals surface area (Å²) in [6.45, 7) is 5.66. The highest BCUT2D eigenvalue weighted by Crippen LogP contribution is 2.29. The molecule has 2 aromatic heterocycles. The summed E-state index contributed by atoms with van der Waals surface area (Å²) in [4.78, 5) is 48.3. The van der Waals surface area contributed by atoms with Crippen molar-refractivity contribution >= 4 is 34.2 Å². The van der Waals surface area contributed by atoms with Crippen LogP contribution in [0.5, 0.6) is 5.75 Å². The number of hydrogen-bond acceptors (Lipinski definition) is 7. The number of likely N-dealkylation sites (tertiary alicyclic amines) is 1. The third-order valence-corrected chi connectivity index (χ3v) is 6.52. The first-order valence-corrected chi connectivity index (χ1v) is 12.4. The Morgan fingerprint density at radius 1 is 1.14 bits per heavy atom. The van der Waals surface area contributed by atoms with Gasteiger partial charge in [-0.15, -0.1) is 11.3 Å². The van der Waals surface area contributed by atoms with E-state index in [1.54, 1.807) is 25.3 Å². The van der Waals surface area contributed by atoms with E-state index in [1.165, 1.54) is 16.2 Å². The van der Waals surface area contributed by atoms with Gasteiger partial charge in [0, 0.05) is 42.5 Å². The molecule has 0 bridgehead atoms. The Hall–Kier alpha value is -3.59. The number of rotatable bonds is 9. The van der Waals surface area contributed by atoms with Gasteiger partial charge >= 0.3 is 0 Å². The van der Waals surface area contributed by atoms with Crippen LogP contribution in [0.3, 0.4) is 0 Å². The van der Waals surface area contributed by atoms with Gasteiger partial charge < -0.3 is 10.1 Å². The fourth-order valence-electron chi connectivity index (χ4n) is 4.07. The molecule has 9 heteroatoms. The van der Waals surface area contributed by atoms with Crippen LogP contribution in [0.15, 0.2) is 48.7 Å². The lowest BCUT2D eigenvalue weighted by atomic mass is 10.1. The topological polar surface area (TPSA) is 101 Å². The number of ether oxygens (including phenoxy) is 1. The van der Waals surface area contributed by atoms with Gasteiger partial charge in [-0.25, -0.2) is 4.98 Å². The van der Waals surface area contributed by atoms with Gasteiger partial charge in [0.25, 0.3) is 0 Å². The molecule has 2 atom stereocenters. The first kappa shape index (κ1) is 24.5. The molecule has 3 aromatic rings. The highest BCUT2D eigenvalue weighted by atomic mass is 32.1. The van der Waals surface area contributed by atoms with Crippen molar-refractivity contribution in [3.8, 4) is 5.75 Å². The number of thiazole rings is 1. The molecular weight excluding hydrogens is 464 g/mol. The van der Waals surface area contributed by atoms with Crippen LogP contribution in [-0.2, 0) is 27.2 Å². The number of aromatic nitrogens is 2. The monoisotopic (exact) mass is 492 g/mol. The minimum absolute atomic E-state index is 0.00447. The van der Waals surface area contributed by atoms with Gasteiger partial charge in [-0.3, -0.25) is 24.3 Å². The van der Waals surface area contributed by atoms with Crippen molar-refractivity contribution in [2.24, 2.45) is 0 Å². The number of imide groups is 1. The number of nitrogens with one attached hydrogen (secondary N) is 1. The van der Waals surface area contributed by atoms with Crippen molar-refractivity contribution in [3.63, 3.8) is 0 Å². The van der Waals surface area contributed by atoms with Crippen LogP contribution in [0.2, 0.25) is 0 Å². The number of nitrogens with zero attached hydrogens (tertiary/aromatic N) is 3. The molecule has 8 nitrogen and oxygen atoms in total. The number of amides is 3. The van der Waals surface area contributed by atoms with Crippen LogP contribution in [0.25, 0.3) is 0 Å². The summed E-state index contributed by atoms with van der Waals surface area (Å²) in [5.74, 6) is -0.150. The van der Waals surface area contributed by atoms with Gasteiger partial charge in [0.2, 0.25) is 17.7 Å². The maximum absolute atomic E-state index is 12.7. The third kappa shape index (κ3) is 6.30. The Morgan fingerprint density at radius 2 is 1.86 bits per heavy atom. The molecule has 182 valence electrons. The van der Waals surface area contributed by atoms with Gasteiger partial charge in [-0.1, -0.05) is 30.3 Å². The first-order chi connectivity index (χ1) is 16.8. The number of carbonyl (C=O) groups is 3. The maximum atomic E-state index is 12.7. The summed E-state index contributed by atoms with van der Waals surface area (Å²) in [6, 6.07) is 12.9.